The van der Waals surface area contributed by atoms with E-state index in [4.69, 9.17) is 23.2 Å². The second-order valence-electron chi connectivity index (χ2n) is 3.26. The predicted octanol–water partition coefficient (Wildman–Crippen LogP) is 4.51. The minimum absolute atomic E-state index is 0.348. The number of halogens is 2. The number of methoxy groups -OCH3 is 1. The van der Waals surface area contributed by atoms with E-state index in [9.17, 15) is 4.79 Å². The fraction of sp³-hybridized carbons (Fsp3) is 0.0833. The van der Waals surface area contributed by atoms with Crippen molar-refractivity contribution in [3.63, 3.8) is 0 Å². The van der Waals surface area contributed by atoms with Gasteiger partial charge in [0.05, 0.1) is 17.2 Å². The molecule has 1 aromatic carbocycles. The van der Waals surface area contributed by atoms with Crippen molar-refractivity contribution in [2.24, 2.45) is 0 Å². The summed E-state index contributed by atoms with van der Waals surface area (Å²) in [7, 11) is 1.36. The molecule has 2 nitrogen and oxygen atoms in total. The molecule has 0 saturated heterocycles. The normalized spacial score (nSPS) is 10.3. The van der Waals surface area contributed by atoms with Crippen LogP contribution in [0.1, 0.15) is 9.67 Å². The Labute approximate surface area is 113 Å². The van der Waals surface area contributed by atoms with Crippen LogP contribution in [0, 0.1) is 0 Å². The molecule has 0 aliphatic heterocycles. The molecule has 0 spiro atoms. The van der Waals surface area contributed by atoms with Gasteiger partial charge in [0.15, 0.2) is 0 Å². The molecule has 1 heterocycles. The van der Waals surface area contributed by atoms with E-state index < -0.39 is 0 Å². The van der Waals surface area contributed by atoms with Gasteiger partial charge in [-0.25, -0.2) is 4.79 Å². The Bertz CT molecular complexity index is 563. The van der Waals surface area contributed by atoms with Crippen LogP contribution in [0.25, 0.3) is 10.4 Å². The second-order valence-corrected chi connectivity index (χ2v) is 5.13. The van der Waals surface area contributed by atoms with E-state index in [1.165, 1.54) is 18.4 Å². The highest BCUT2D eigenvalue weighted by molar-refractivity contribution is 7.17. The molecule has 0 saturated carbocycles. The standard InChI is InChI=1S/C12H8Cl2O2S/c1-16-12(15)10-6-5-9(17-10)7-3-2-4-8(13)11(7)14/h2-6H,1H3. The van der Waals surface area contributed by atoms with Crippen molar-refractivity contribution in [3.05, 3.63) is 45.3 Å². The second kappa shape index (κ2) is 5.08. The van der Waals surface area contributed by atoms with Crippen LogP contribution < -0.4 is 0 Å². The predicted molar refractivity (Wildman–Crippen MR) is 71.1 cm³/mol. The van der Waals surface area contributed by atoms with Crippen molar-refractivity contribution >= 4 is 40.5 Å². The molecule has 0 N–H and O–H groups in total. The van der Waals surface area contributed by atoms with Crippen molar-refractivity contribution in [2.75, 3.05) is 7.11 Å². The quantitative estimate of drug-likeness (QED) is 0.760. The van der Waals surface area contributed by atoms with E-state index in [0.29, 0.717) is 14.9 Å². The first-order chi connectivity index (χ1) is 8.13. The lowest BCUT2D eigenvalue weighted by Gasteiger charge is -2.02. The number of rotatable bonds is 2. The smallest absolute Gasteiger partial charge is 0.348 e. The van der Waals surface area contributed by atoms with Gasteiger partial charge < -0.3 is 4.74 Å². The van der Waals surface area contributed by atoms with Crippen LogP contribution in [0.4, 0.5) is 0 Å². The molecule has 5 heteroatoms. The third-order valence-corrected chi connectivity index (χ3v) is 4.13. The SMILES string of the molecule is COC(=O)c1ccc(-c2cccc(Cl)c2Cl)s1. The molecule has 0 amide bonds. The van der Waals surface area contributed by atoms with Gasteiger partial charge in [-0.3, -0.25) is 0 Å². The lowest BCUT2D eigenvalue weighted by Crippen LogP contribution is -1.96. The zero-order valence-electron chi connectivity index (χ0n) is 8.87. The maximum absolute atomic E-state index is 11.3. The number of esters is 1. The maximum Gasteiger partial charge on any atom is 0.348 e. The molecule has 2 aromatic rings. The number of carbonyl (C=O) groups is 1. The van der Waals surface area contributed by atoms with Gasteiger partial charge in [-0.1, -0.05) is 35.3 Å². The first-order valence-electron chi connectivity index (χ1n) is 4.76. The Balaban J connectivity index is 2.44. The molecule has 0 atom stereocenters. The van der Waals surface area contributed by atoms with Crippen molar-refractivity contribution in [1.82, 2.24) is 0 Å². The van der Waals surface area contributed by atoms with Crippen molar-refractivity contribution < 1.29 is 9.53 Å². The summed E-state index contributed by atoms with van der Waals surface area (Å²) in [5.41, 5.74) is 0.819. The maximum atomic E-state index is 11.3. The summed E-state index contributed by atoms with van der Waals surface area (Å²) in [4.78, 5) is 12.8. The molecular formula is C12H8Cl2O2S. The molecule has 0 radical (unpaired) electrons. The fourth-order valence-corrected chi connectivity index (χ4v) is 2.80. The number of hydrogen-bond acceptors (Lipinski definition) is 3. The van der Waals surface area contributed by atoms with E-state index >= 15 is 0 Å². The number of hydrogen-bond donors (Lipinski definition) is 0. The molecule has 0 aliphatic rings. The third-order valence-electron chi connectivity index (χ3n) is 2.21. The zero-order valence-corrected chi connectivity index (χ0v) is 11.2. The van der Waals surface area contributed by atoms with Gasteiger partial charge in [0.2, 0.25) is 0 Å². The van der Waals surface area contributed by atoms with E-state index in [2.05, 4.69) is 4.74 Å². The summed E-state index contributed by atoms with van der Waals surface area (Å²) in [6, 6.07) is 8.95. The van der Waals surface area contributed by atoms with Gasteiger partial charge in [0.25, 0.3) is 0 Å². The Kier molecular flexibility index (Phi) is 3.72. The van der Waals surface area contributed by atoms with Gasteiger partial charge in [0, 0.05) is 10.4 Å². The summed E-state index contributed by atoms with van der Waals surface area (Å²) in [6.07, 6.45) is 0. The number of benzene rings is 1. The number of carbonyl (C=O) groups excluding carboxylic acids is 1. The van der Waals surface area contributed by atoms with Crippen LogP contribution in [0.15, 0.2) is 30.3 Å². The van der Waals surface area contributed by atoms with Gasteiger partial charge in [-0.2, -0.15) is 0 Å². The molecule has 1 aromatic heterocycles. The Hall–Kier alpha value is -1.03. The van der Waals surface area contributed by atoms with Crippen LogP contribution in [-0.4, -0.2) is 13.1 Å². The Morgan fingerprint density at radius 2 is 2.00 bits per heavy atom. The highest BCUT2D eigenvalue weighted by Crippen LogP contribution is 2.37. The zero-order chi connectivity index (χ0) is 12.4. The number of ether oxygens (including phenoxy) is 1. The molecule has 0 bridgehead atoms. The van der Waals surface area contributed by atoms with Crippen LogP contribution in [0.2, 0.25) is 10.0 Å². The summed E-state index contributed by atoms with van der Waals surface area (Å²) in [5, 5.41) is 0.990. The molecule has 17 heavy (non-hydrogen) atoms. The average molecular weight is 287 g/mol. The largest absolute Gasteiger partial charge is 0.465 e. The molecule has 2 rings (SSSR count). The van der Waals surface area contributed by atoms with E-state index in [1.54, 1.807) is 12.1 Å². The molecule has 0 unspecified atom stereocenters. The lowest BCUT2D eigenvalue weighted by molar-refractivity contribution is 0.0606. The molecule has 0 aliphatic carbocycles. The third kappa shape index (κ3) is 2.46. The topological polar surface area (TPSA) is 26.3 Å². The van der Waals surface area contributed by atoms with Crippen LogP contribution in [0.3, 0.4) is 0 Å². The lowest BCUT2D eigenvalue weighted by atomic mass is 10.2. The van der Waals surface area contributed by atoms with E-state index in [-0.39, 0.29) is 5.97 Å². The Morgan fingerprint density at radius 3 is 2.71 bits per heavy atom. The minimum Gasteiger partial charge on any atom is -0.465 e. The minimum atomic E-state index is -0.348. The monoisotopic (exact) mass is 286 g/mol. The van der Waals surface area contributed by atoms with Crippen LogP contribution >= 0.6 is 34.5 Å². The summed E-state index contributed by atoms with van der Waals surface area (Å²) < 4.78 is 4.65. The first-order valence-corrected chi connectivity index (χ1v) is 6.33. The molecule has 88 valence electrons. The van der Waals surface area contributed by atoms with Crippen molar-refractivity contribution in [1.29, 1.82) is 0 Å². The van der Waals surface area contributed by atoms with Gasteiger partial charge >= 0.3 is 5.97 Å². The van der Waals surface area contributed by atoms with Crippen LogP contribution in [0.5, 0.6) is 0 Å². The first kappa shape index (κ1) is 12.4. The molecular weight excluding hydrogens is 279 g/mol. The summed E-state index contributed by atoms with van der Waals surface area (Å²) in [6.45, 7) is 0. The fourth-order valence-electron chi connectivity index (χ4n) is 1.39. The van der Waals surface area contributed by atoms with Crippen molar-refractivity contribution in [3.8, 4) is 10.4 Å². The molecule has 0 fully saturated rings. The van der Waals surface area contributed by atoms with Crippen LogP contribution in [-0.2, 0) is 4.74 Å². The highest BCUT2D eigenvalue weighted by atomic mass is 35.5. The van der Waals surface area contributed by atoms with Gasteiger partial charge in [0.1, 0.15) is 4.88 Å². The Morgan fingerprint density at radius 1 is 1.24 bits per heavy atom. The van der Waals surface area contributed by atoms with Gasteiger partial charge in [-0.05, 0) is 18.2 Å². The summed E-state index contributed by atoms with van der Waals surface area (Å²) in [5.74, 6) is -0.348. The van der Waals surface area contributed by atoms with Crippen molar-refractivity contribution in [2.45, 2.75) is 0 Å². The average Bonchev–Trinajstić information content (AvgIpc) is 2.81. The summed E-state index contributed by atoms with van der Waals surface area (Å²) >= 11 is 13.4. The number of thiophene rings is 1. The van der Waals surface area contributed by atoms with E-state index in [0.717, 1.165) is 10.4 Å². The van der Waals surface area contributed by atoms with Gasteiger partial charge in [-0.15, -0.1) is 11.3 Å². The highest BCUT2D eigenvalue weighted by Gasteiger charge is 2.13. The van der Waals surface area contributed by atoms with E-state index in [1.807, 2.05) is 18.2 Å².